The average molecular weight is 376 g/mol. The highest BCUT2D eigenvalue weighted by molar-refractivity contribution is 5.85. The van der Waals surface area contributed by atoms with E-state index in [9.17, 15) is 14.9 Å². The van der Waals surface area contributed by atoms with E-state index < -0.39 is 12.0 Å². The first kappa shape index (κ1) is 18.9. The third kappa shape index (κ3) is 3.65. The fraction of sp³-hybridized carbons (Fsp3) is 0.857. The molecule has 0 radical (unpaired) electrons. The van der Waals surface area contributed by atoms with Crippen molar-refractivity contribution in [3.63, 3.8) is 0 Å². The van der Waals surface area contributed by atoms with E-state index in [0.29, 0.717) is 12.5 Å². The van der Waals surface area contributed by atoms with Gasteiger partial charge in [-0.3, -0.25) is 14.9 Å². The van der Waals surface area contributed by atoms with E-state index >= 15 is 0 Å². The molecule has 7 unspecified atom stereocenters. The molecule has 27 heavy (non-hydrogen) atoms. The van der Waals surface area contributed by atoms with E-state index in [1.165, 1.54) is 25.7 Å². The van der Waals surface area contributed by atoms with E-state index in [1.807, 2.05) is 0 Å². The zero-order valence-electron chi connectivity index (χ0n) is 16.5. The largest absolute Gasteiger partial charge is 0.329 e. The van der Waals surface area contributed by atoms with Crippen LogP contribution in [0.1, 0.15) is 65.2 Å². The molecule has 6 nitrogen and oxygen atoms in total. The number of nitrogens with zero attached hydrogens (tertiary/aromatic N) is 1. The Labute approximate surface area is 161 Å². The summed E-state index contributed by atoms with van der Waals surface area (Å²) in [5, 5.41) is 18.2. The Morgan fingerprint density at radius 3 is 2.70 bits per heavy atom. The summed E-state index contributed by atoms with van der Waals surface area (Å²) in [7, 11) is 0. The van der Waals surface area contributed by atoms with Crippen LogP contribution in [0.15, 0.2) is 11.8 Å². The maximum atomic E-state index is 12.4. The summed E-state index contributed by atoms with van der Waals surface area (Å²) in [6.07, 6.45) is 10.7. The van der Waals surface area contributed by atoms with E-state index in [2.05, 4.69) is 30.6 Å². The molecule has 2 N–H and O–H groups in total. The highest BCUT2D eigenvalue weighted by Gasteiger charge is 2.51. The molecule has 2 aliphatic carbocycles. The molecule has 0 spiro atoms. The Balaban J connectivity index is 1.43. The first-order valence-corrected chi connectivity index (χ1v) is 10.9. The molecule has 0 bridgehead atoms. The van der Waals surface area contributed by atoms with Crippen LogP contribution in [0.3, 0.4) is 0 Å². The van der Waals surface area contributed by atoms with Crippen LogP contribution in [0, 0.1) is 39.7 Å². The van der Waals surface area contributed by atoms with E-state index in [1.54, 1.807) is 0 Å². The second-order valence-corrected chi connectivity index (χ2v) is 9.56. The first-order valence-electron chi connectivity index (χ1n) is 10.9. The molecular weight excluding hydrogens is 342 g/mol. The fourth-order valence-electron chi connectivity index (χ4n) is 6.15. The van der Waals surface area contributed by atoms with Crippen LogP contribution in [0.25, 0.3) is 0 Å². The molecule has 2 aliphatic heterocycles. The lowest BCUT2D eigenvalue weighted by Crippen LogP contribution is -2.50. The molecule has 4 aliphatic rings. The van der Waals surface area contributed by atoms with Gasteiger partial charge in [-0.25, -0.2) is 0 Å². The number of fused-ring (bicyclic) bond motifs is 2. The van der Waals surface area contributed by atoms with Crippen LogP contribution in [-0.2, 0) is 4.79 Å². The van der Waals surface area contributed by atoms with Crippen molar-refractivity contribution in [2.45, 2.75) is 83.3 Å². The predicted octanol–water partition coefficient (Wildman–Crippen LogP) is 3.25. The van der Waals surface area contributed by atoms with Crippen LogP contribution < -0.4 is 10.6 Å². The molecule has 0 aromatic carbocycles. The van der Waals surface area contributed by atoms with Gasteiger partial charge in [-0.05, 0) is 68.8 Å². The fourth-order valence-corrected chi connectivity index (χ4v) is 6.15. The number of hydrogen-bond acceptors (Lipinski definition) is 4. The Kier molecular flexibility index (Phi) is 5.28. The topological polar surface area (TPSA) is 84.3 Å². The van der Waals surface area contributed by atoms with Gasteiger partial charge in [0.2, 0.25) is 11.9 Å². The van der Waals surface area contributed by atoms with Gasteiger partial charge in [0.05, 0.1) is 0 Å². The molecule has 6 heteroatoms. The summed E-state index contributed by atoms with van der Waals surface area (Å²) >= 11 is 0. The number of rotatable bonds is 3. The van der Waals surface area contributed by atoms with Gasteiger partial charge < -0.3 is 10.6 Å². The van der Waals surface area contributed by atoms with Crippen molar-refractivity contribution in [2.24, 2.45) is 29.6 Å². The first-order chi connectivity index (χ1) is 12.9. The molecular formula is C21H33N3O3. The summed E-state index contributed by atoms with van der Waals surface area (Å²) in [6.45, 7) is 4.69. The minimum absolute atomic E-state index is 0.0119. The summed E-state index contributed by atoms with van der Waals surface area (Å²) in [5.41, 5.74) is 0.948. The van der Waals surface area contributed by atoms with Gasteiger partial charge in [0.25, 0.3) is 0 Å². The van der Waals surface area contributed by atoms with Crippen molar-refractivity contribution in [2.75, 3.05) is 0 Å². The molecule has 0 aromatic rings. The van der Waals surface area contributed by atoms with Crippen molar-refractivity contribution in [3.05, 3.63) is 21.9 Å². The molecule has 0 aromatic heterocycles. The number of carbonyl (C=O) groups excluding carboxylic acids is 1. The van der Waals surface area contributed by atoms with E-state index in [4.69, 9.17) is 0 Å². The maximum absolute atomic E-state index is 12.4. The van der Waals surface area contributed by atoms with Gasteiger partial charge >= 0.3 is 0 Å². The second-order valence-electron chi connectivity index (χ2n) is 9.56. The SMILES string of the molecule is CC(C)C1CCC2NC(/C=C3\NC(=O)C4C3CCCC4[N+](=O)[O-])CCC2C1. The summed E-state index contributed by atoms with van der Waals surface area (Å²) < 4.78 is 0. The van der Waals surface area contributed by atoms with Gasteiger partial charge in [0.1, 0.15) is 5.92 Å². The number of hydrogen-bond donors (Lipinski definition) is 2. The molecule has 2 saturated heterocycles. The van der Waals surface area contributed by atoms with Gasteiger partial charge in [-0.15, -0.1) is 0 Å². The zero-order valence-corrected chi connectivity index (χ0v) is 16.5. The Morgan fingerprint density at radius 2 is 1.96 bits per heavy atom. The summed E-state index contributed by atoms with van der Waals surface area (Å²) in [6, 6.07) is 0.151. The van der Waals surface area contributed by atoms with Crippen molar-refractivity contribution < 1.29 is 9.72 Å². The van der Waals surface area contributed by atoms with Crippen molar-refractivity contribution in [1.29, 1.82) is 0 Å². The number of nitro groups is 1. The lowest BCUT2D eigenvalue weighted by atomic mass is 9.70. The minimum atomic E-state index is -0.718. The second kappa shape index (κ2) is 7.53. The lowest BCUT2D eigenvalue weighted by Gasteiger charge is -2.43. The van der Waals surface area contributed by atoms with Gasteiger partial charge in [0.15, 0.2) is 0 Å². The molecule has 4 fully saturated rings. The van der Waals surface area contributed by atoms with Crippen LogP contribution in [0.5, 0.6) is 0 Å². The number of nitrogens with one attached hydrogen (secondary N) is 2. The third-order valence-electron chi connectivity index (χ3n) is 7.73. The lowest BCUT2D eigenvalue weighted by molar-refractivity contribution is -0.533. The average Bonchev–Trinajstić information content (AvgIpc) is 2.97. The molecule has 2 saturated carbocycles. The number of allylic oxidation sites excluding steroid dienone is 1. The van der Waals surface area contributed by atoms with Crippen molar-refractivity contribution >= 4 is 5.91 Å². The van der Waals surface area contributed by atoms with Gasteiger partial charge in [-0.1, -0.05) is 13.8 Å². The monoisotopic (exact) mass is 375 g/mol. The van der Waals surface area contributed by atoms with Crippen LogP contribution >= 0.6 is 0 Å². The smallest absolute Gasteiger partial charge is 0.234 e. The summed E-state index contributed by atoms with van der Waals surface area (Å²) in [5.74, 6) is 1.81. The number of amides is 1. The maximum Gasteiger partial charge on any atom is 0.234 e. The number of carbonyl (C=O) groups is 1. The molecule has 150 valence electrons. The van der Waals surface area contributed by atoms with Crippen LogP contribution in [-0.4, -0.2) is 29.0 Å². The normalized spacial score (nSPS) is 43.3. The molecule has 4 rings (SSSR count). The van der Waals surface area contributed by atoms with E-state index in [-0.39, 0.29) is 22.8 Å². The van der Waals surface area contributed by atoms with Crippen LogP contribution in [0.2, 0.25) is 0 Å². The Hall–Kier alpha value is -1.43. The number of piperidine rings is 1. The van der Waals surface area contributed by atoms with Crippen LogP contribution in [0.4, 0.5) is 0 Å². The van der Waals surface area contributed by atoms with Gasteiger partial charge in [0, 0.05) is 35.0 Å². The molecule has 2 heterocycles. The molecule has 1 amide bonds. The molecule has 7 atom stereocenters. The highest BCUT2D eigenvalue weighted by atomic mass is 16.6. The quantitative estimate of drug-likeness (QED) is 0.586. The Morgan fingerprint density at radius 1 is 1.15 bits per heavy atom. The van der Waals surface area contributed by atoms with Crippen molar-refractivity contribution in [3.8, 4) is 0 Å². The standard InChI is InChI=1S/C21H33N3O3/c1-12(2)13-7-9-17-14(10-13)6-8-15(22-17)11-18-16-4-3-5-19(24(26)27)20(16)21(25)23-18/h11-17,19-20,22H,3-10H2,1-2H3,(H,23,25)/b18-11-. The summed E-state index contributed by atoms with van der Waals surface area (Å²) in [4.78, 5) is 23.6. The predicted molar refractivity (Wildman–Crippen MR) is 103 cm³/mol. The van der Waals surface area contributed by atoms with Crippen molar-refractivity contribution in [1.82, 2.24) is 10.6 Å². The Bertz CT molecular complexity index is 632. The minimum Gasteiger partial charge on any atom is -0.329 e. The third-order valence-corrected chi connectivity index (χ3v) is 7.73. The van der Waals surface area contributed by atoms with Gasteiger partial charge in [-0.2, -0.15) is 0 Å². The highest BCUT2D eigenvalue weighted by Crippen LogP contribution is 2.42. The zero-order chi connectivity index (χ0) is 19.1. The van der Waals surface area contributed by atoms with E-state index in [0.717, 1.165) is 42.7 Å².